The maximum Gasteiger partial charge on any atom is 0.243 e. The van der Waals surface area contributed by atoms with Gasteiger partial charge < -0.3 is 10.2 Å². The Morgan fingerprint density at radius 2 is 1.69 bits per heavy atom. The van der Waals surface area contributed by atoms with Crippen molar-refractivity contribution in [3.05, 3.63) is 64.7 Å². The Kier molecular flexibility index (Phi) is 6.51. The van der Waals surface area contributed by atoms with Gasteiger partial charge in [0.05, 0.1) is 18.2 Å². The predicted molar refractivity (Wildman–Crippen MR) is 102 cm³/mol. The van der Waals surface area contributed by atoms with Crippen LogP contribution < -0.4 is 5.32 Å². The number of para-hydroxylation sites is 1. The molecule has 0 saturated carbocycles. The summed E-state index contributed by atoms with van der Waals surface area (Å²) in [6, 6.07) is 15.1. The Balaban J connectivity index is 1.86. The van der Waals surface area contributed by atoms with E-state index in [1.807, 2.05) is 44.2 Å². The molecule has 0 fully saturated rings. The average molecular weight is 349 g/mol. The maximum absolute atomic E-state index is 12.3. The standard InChI is InChI=1S/C21H23N3O2/c1-15-5-4-6-16(2)21(15)23-19(25)14-24(3)20(26)12-11-17-7-9-18(13-22)10-8-17/h4-10H,11-12,14H2,1-3H3,(H,23,25). The van der Waals surface area contributed by atoms with Crippen LogP contribution in [-0.2, 0) is 16.0 Å². The number of anilines is 1. The second kappa shape index (κ2) is 8.82. The molecule has 134 valence electrons. The van der Waals surface area contributed by atoms with Crippen LogP contribution in [0.2, 0.25) is 0 Å². The molecule has 0 radical (unpaired) electrons. The zero-order chi connectivity index (χ0) is 19.1. The van der Waals surface area contributed by atoms with E-state index in [2.05, 4.69) is 11.4 Å². The van der Waals surface area contributed by atoms with Gasteiger partial charge in [-0.1, -0.05) is 30.3 Å². The molecule has 0 aliphatic rings. The minimum atomic E-state index is -0.211. The summed E-state index contributed by atoms with van der Waals surface area (Å²) >= 11 is 0. The molecule has 2 amide bonds. The van der Waals surface area contributed by atoms with E-state index in [1.165, 1.54) is 4.90 Å². The van der Waals surface area contributed by atoms with Crippen LogP contribution in [0.1, 0.15) is 28.7 Å². The van der Waals surface area contributed by atoms with Gasteiger partial charge in [-0.2, -0.15) is 5.26 Å². The molecule has 0 aliphatic heterocycles. The van der Waals surface area contributed by atoms with Crippen molar-refractivity contribution in [2.75, 3.05) is 18.9 Å². The molecule has 5 nitrogen and oxygen atoms in total. The van der Waals surface area contributed by atoms with Gasteiger partial charge in [0.25, 0.3) is 0 Å². The lowest BCUT2D eigenvalue weighted by molar-refractivity contribution is -0.133. The second-order valence-corrected chi connectivity index (χ2v) is 6.37. The van der Waals surface area contributed by atoms with Crippen LogP contribution in [0, 0.1) is 25.2 Å². The monoisotopic (exact) mass is 349 g/mol. The number of rotatable bonds is 6. The molecule has 0 unspecified atom stereocenters. The van der Waals surface area contributed by atoms with Crippen molar-refractivity contribution in [2.45, 2.75) is 26.7 Å². The van der Waals surface area contributed by atoms with E-state index >= 15 is 0 Å². The zero-order valence-electron chi connectivity index (χ0n) is 15.4. The van der Waals surface area contributed by atoms with Crippen molar-refractivity contribution in [3.8, 4) is 6.07 Å². The largest absolute Gasteiger partial charge is 0.336 e. The molecule has 0 aromatic heterocycles. The molecule has 0 saturated heterocycles. The highest BCUT2D eigenvalue weighted by Crippen LogP contribution is 2.19. The van der Waals surface area contributed by atoms with Crippen LogP contribution in [0.15, 0.2) is 42.5 Å². The second-order valence-electron chi connectivity index (χ2n) is 6.37. The Labute approximate surface area is 154 Å². The van der Waals surface area contributed by atoms with Gasteiger partial charge in [0.1, 0.15) is 0 Å². The summed E-state index contributed by atoms with van der Waals surface area (Å²) in [5.74, 6) is -0.303. The first kappa shape index (κ1) is 19.2. The third-order valence-corrected chi connectivity index (χ3v) is 4.26. The van der Waals surface area contributed by atoms with E-state index in [4.69, 9.17) is 5.26 Å². The van der Waals surface area contributed by atoms with Gasteiger partial charge in [0.15, 0.2) is 0 Å². The van der Waals surface area contributed by atoms with Gasteiger partial charge in [0.2, 0.25) is 11.8 Å². The number of hydrogen-bond acceptors (Lipinski definition) is 3. The quantitative estimate of drug-likeness (QED) is 0.870. The van der Waals surface area contributed by atoms with E-state index in [0.717, 1.165) is 22.4 Å². The van der Waals surface area contributed by atoms with Crippen LogP contribution in [0.4, 0.5) is 5.69 Å². The van der Waals surface area contributed by atoms with Gasteiger partial charge in [-0.05, 0) is 49.1 Å². The Hall–Kier alpha value is -3.13. The van der Waals surface area contributed by atoms with E-state index in [9.17, 15) is 9.59 Å². The average Bonchev–Trinajstić information content (AvgIpc) is 2.63. The molecule has 2 aromatic carbocycles. The summed E-state index contributed by atoms with van der Waals surface area (Å²) in [6.07, 6.45) is 0.895. The number of nitriles is 1. The zero-order valence-corrected chi connectivity index (χ0v) is 15.4. The summed E-state index contributed by atoms with van der Waals surface area (Å²) in [6.45, 7) is 3.89. The number of likely N-dealkylation sites (N-methyl/N-ethyl adjacent to an activating group) is 1. The number of carbonyl (C=O) groups excluding carboxylic acids is 2. The van der Waals surface area contributed by atoms with Gasteiger partial charge in [-0.15, -0.1) is 0 Å². The predicted octanol–water partition coefficient (Wildman–Crippen LogP) is 3.20. The van der Waals surface area contributed by atoms with Gasteiger partial charge in [-0.3, -0.25) is 9.59 Å². The maximum atomic E-state index is 12.3. The lowest BCUT2D eigenvalue weighted by Gasteiger charge is -2.18. The van der Waals surface area contributed by atoms with E-state index in [-0.39, 0.29) is 18.4 Å². The summed E-state index contributed by atoms with van der Waals surface area (Å²) in [5.41, 5.74) is 4.38. The van der Waals surface area contributed by atoms with E-state index in [1.54, 1.807) is 19.2 Å². The molecule has 0 bridgehead atoms. The van der Waals surface area contributed by atoms with Crippen LogP contribution in [0.25, 0.3) is 0 Å². The molecule has 5 heteroatoms. The highest BCUT2D eigenvalue weighted by molar-refractivity contribution is 5.95. The first-order chi connectivity index (χ1) is 12.4. The summed E-state index contributed by atoms with van der Waals surface area (Å²) in [5, 5.41) is 11.7. The highest BCUT2D eigenvalue weighted by atomic mass is 16.2. The number of benzene rings is 2. The Morgan fingerprint density at radius 1 is 1.08 bits per heavy atom. The topological polar surface area (TPSA) is 73.2 Å². The molecule has 2 rings (SSSR count). The fraction of sp³-hybridized carbons (Fsp3) is 0.286. The molecular formula is C21H23N3O2. The van der Waals surface area contributed by atoms with Crippen LogP contribution in [0.5, 0.6) is 0 Å². The van der Waals surface area contributed by atoms with Crippen molar-refractivity contribution in [1.29, 1.82) is 5.26 Å². The third-order valence-electron chi connectivity index (χ3n) is 4.26. The van der Waals surface area contributed by atoms with Crippen molar-refractivity contribution < 1.29 is 9.59 Å². The highest BCUT2D eigenvalue weighted by Gasteiger charge is 2.14. The van der Waals surface area contributed by atoms with Gasteiger partial charge in [-0.25, -0.2) is 0 Å². The first-order valence-electron chi connectivity index (χ1n) is 8.49. The Bertz CT molecular complexity index is 815. The van der Waals surface area contributed by atoms with Crippen molar-refractivity contribution in [1.82, 2.24) is 4.90 Å². The van der Waals surface area contributed by atoms with Crippen molar-refractivity contribution >= 4 is 17.5 Å². The molecule has 0 heterocycles. The van der Waals surface area contributed by atoms with Gasteiger partial charge in [0, 0.05) is 19.2 Å². The number of hydrogen-bond donors (Lipinski definition) is 1. The molecule has 0 aliphatic carbocycles. The van der Waals surface area contributed by atoms with Gasteiger partial charge >= 0.3 is 0 Å². The SMILES string of the molecule is Cc1cccc(C)c1NC(=O)CN(C)C(=O)CCc1ccc(C#N)cc1. The first-order valence-corrected chi connectivity index (χ1v) is 8.49. The minimum Gasteiger partial charge on any atom is -0.336 e. The summed E-state index contributed by atoms with van der Waals surface area (Å²) in [4.78, 5) is 25.9. The normalized spacial score (nSPS) is 10.1. The van der Waals surface area contributed by atoms with E-state index in [0.29, 0.717) is 18.4 Å². The summed E-state index contributed by atoms with van der Waals surface area (Å²) < 4.78 is 0. The number of nitrogens with one attached hydrogen (secondary N) is 1. The smallest absolute Gasteiger partial charge is 0.243 e. The van der Waals surface area contributed by atoms with Crippen molar-refractivity contribution in [3.63, 3.8) is 0 Å². The molecule has 26 heavy (non-hydrogen) atoms. The lowest BCUT2D eigenvalue weighted by atomic mass is 10.1. The summed E-state index contributed by atoms with van der Waals surface area (Å²) in [7, 11) is 1.63. The number of nitrogens with zero attached hydrogens (tertiary/aromatic N) is 2. The third kappa shape index (κ3) is 5.18. The Morgan fingerprint density at radius 3 is 2.27 bits per heavy atom. The fourth-order valence-corrected chi connectivity index (χ4v) is 2.68. The van der Waals surface area contributed by atoms with Crippen LogP contribution in [0.3, 0.4) is 0 Å². The number of amides is 2. The molecule has 1 N–H and O–H groups in total. The van der Waals surface area contributed by atoms with E-state index < -0.39 is 0 Å². The van der Waals surface area contributed by atoms with Crippen molar-refractivity contribution in [2.24, 2.45) is 0 Å². The molecule has 2 aromatic rings. The molecule has 0 spiro atoms. The number of aryl methyl sites for hydroxylation is 3. The van der Waals surface area contributed by atoms with Crippen LogP contribution >= 0.6 is 0 Å². The lowest BCUT2D eigenvalue weighted by Crippen LogP contribution is -2.35. The molecule has 0 atom stereocenters. The number of carbonyl (C=O) groups is 2. The fourth-order valence-electron chi connectivity index (χ4n) is 2.68. The molecular weight excluding hydrogens is 326 g/mol. The van der Waals surface area contributed by atoms with Crippen LogP contribution in [-0.4, -0.2) is 30.3 Å². The minimum absolute atomic E-state index is 0.0139.